The van der Waals surface area contributed by atoms with Crippen molar-refractivity contribution < 1.29 is 5.11 Å². The first-order valence-electron chi connectivity index (χ1n) is 6.66. The number of hydrogen-bond donors (Lipinski definition) is 1. The second-order valence-electron chi connectivity index (χ2n) is 5.40. The van der Waals surface area contributed by atoms with Gasteiger partial charge in [-0.3, -0.25) is 0 Å². The highest BCUT2D eigenvalue weighted by Gasteiger charge is 2.43. The quantitative estimate of drug-likeness (QED) is 0.775. The monoisotopic (exact) mass is 211 g/mol. The molecule has 0 aromatic heterocycles. The van der Waals surface area contributed by atoms with Gasteiger partial charge in [-0.1, -0.05) is 26.7 Å². The molecular weight excluding hydrogens is 186 g/mol. The molecule has 2 nitrogen and oxygen atoms in total. The van der Waals surface area contributed by atoms with Gasteiger partial charge in [-0.15, -0.1) is 0 Å². The molecule has 2 fully saturated rings. The molecule has 2 aliphatic rings. The van der Waals surface area contributed by atoms with E-state index in [2.05, 4.69) is 18.7 Å². The molecule has 88 valence electrons. The van der Waals surface area contributed by atoms with Gasteiger partial charge in [0.1, 0.15) is 0 Å². The molecule has 1 N–H and O–H groups in total. The highest BCUT2D eigenvalue weighted by molar-refractivity contribution is 4.97. The Kier molecular flexibility index (Phi) is 3.36. The molecule has 0 saturated carbocycles. The summed E-state index contributed by atoms with van der Waals surface area (Å²) in [5.41, 5.74) is -0.352. The van der Waals surface area contributed by atoms with Crippen molar-refractivity contribution in [2.75, 3.05) is 13.1 Å². The molecule has 0 bridgehead atoms. The Morgan fingerprint density at radius 2 is 2.07 bits per heavy atom. The Labute approximate surface area is 93.7 Å². The second-order valence-corrected chi connectivity index (χ2v) is 5.40. The van der Waals surface area contributed by atoms with E-state index in [4.69, 9.17) is 0 Å². The molecule has 0 aliphatic carbocycles. The first kappa shape index (κ1) is 11.4. The zero-order valence-corrected chi connectivity index (χ0v) is 10.2. The Bertz CT molecular complexity index is 215. The summed E-state index contributed by atoms with van der Waals surface area (Å²) in [6.45, 7) is 6.82. The average Bonchev–Trinajstić information content (AvgIpc) is 2.66. The summed E-state index contributed by atoms with van der Waals surface area (Å²) in [4.78, 5) is 2.58. The lowest BCUT2D eigenvalue weighted by molar-refractivity contribution is -0.0813. The van der Waals surface area contributed by atoms with Gasteiger partial charge in [0.25, 0.3) is 0 Å². The first-order valence-corrected chi connectivity index (χ1v) is 6.66. The van der Waals surface area contributed by atoms with Gasteiger partial charge in [0.05, 0.1) is 5.60 Å². The maximum absolute atomic E-state index is 10.8. The van der Waals surface area contributed by atoms with Crippen LogP contribution in [0.5, 0.6) is 0 Å². The van der Waals surface area contributed by atoms with Crippen LogP contribution >= 0.6 is 0 Å². The summed E-state index contributed by atoms with van der Waals surface area (Å²) in [5.74, 6) is 0.514. The van der Waals surface area contributed by atoms with Gasteiger partial charge in [0.15, 0.2) is 0 Å². The molecule has 2 atom stereocenters. The van der Waals surface area contributed by atoms with E-state index in [1.807, 2.05) is 0 Å². The molecule has 0 radical (unpaired) electrons. The van der Waals surface area contributed by atoms with Crippen molar-refractivity contribution in [3.8, 4) is 0 Å². The SMILES string of the molecule is CCC(CC)C1(O)CCN2CCCC2C1. The third-order valence-electron chi connectivity index (χ3n) is 4.67. The normalized spacial score (nSPS) is 37.2. The number of aliphatic hydroxyl groups is 1. The minimum absolute atomic E-state index is 0.352. The van der Waals surface area contributed by atoms with Gasteiger partial charge in [-0.25, -0.2) is 0 Å². The Hall–Kier alpha value is -0.0800. The second kappa shape index (κ2) is 4.42. The van der Waals surface area contributed by atoms with E-state index in [9.17, 15) is 5.11 Å². The fraction of sp³-hybridized carbons (Fsp3) is 1.00. The van der Waals surface area contributed by atoms with Crippen LogP contribution in [-0.2, 0) is 0 Å². The van der Waals surface area contributed by atoms with E-state index in [-0.39, 0.29) is 5.60 Å². The van der Waals surface area contributed by atoms with Crippen LogP contribution in [0.4, 0.5) is 0 Å². The predicted octanol–water partition coefficient (Wildman–Crippen LogP) is 2.41. The number of hydrogen-bond acceptors (Lipinski definition) is 2. The van der Waals surface area contributed by atoms with E-state index < -0.39 is 0 Å². The largest absolute Gasteiger partial charge is 0.389 e. The van der Waals surface area contributed by atoms with Gasteiger partial charge < -0.3 is 10.0 Å². The smallest absolute Gasteiger partial charge is 0.0702 e. The zero-order valence-electron chi connectivity index (χ0n) is 10.2. The van der Waals surface area contributed by atoms with Crippen LogP contribution in [0.1, 0.15) is 52.4 Å². The zero-order chi connectivity index (χ0) is 10.9. The summed E-state index contributed by atoms with van der Waals surface area (Å²) in [7, 11) is 0. The summed E-state index contributed by atoms with van der Waals surface area (Å²) in [6.07, 6.45) is 6.92. The molecule has 2 rings (SSSR count). The molecular formula is C13H25NO. The van der Waals surface area contributed by atoms with E-state index in [0.29, 0.717) is 12.0 Å². The molecule has 2 aliphatic heterocycles. The van der Waals surface area contributed by atoms with Crippen LogP contribution < -0.4 is 0 Å². The van der Waals surface area contributed by atoms with Crippen molar-refractivity contribution >= 4 is 0 Å². The molecule has 2 heteroatoms. The maximum Gasteiger partial charge on any atom is 0.0702 e. The van der Waals surface area contributed by atoms with Crippen LogP contribution in [0.3, 0.4) is 0 Å². The third-order valence-corrected chi connectivity index (χ3v) is 4.67. The van der Waals surface area contributed by atoms with Crippen molar-refractivity contribution in [1.29, 1.82) is 0 Å². The fourth-order valence-electron chi connectivity index (χ4n) is 3.69. The molecule has 2 heterocycles. The summed E-state index contributed by atoms with van der Waals surface area (Å²) < 4.78 is 0. The Balaban J connectivity index is 2.03. The topological polar surface area (TPSA) is 23.5 Å². The Morgan fingerprint density at radius 3 is 2.73 bits per heavy atom. The number of rotatable bonds is 3. The van der Waals surface area contributed by atoms with Crippen LogP contribution in [0.15, 0.2) is 0 Å². The van der Waals surface area contributed by atoms with Crippen LogP contribution in [0.25, 0.3) is 0 Å². The first-order chi connectivity index (χ1) is 7.19. The van der Waals surface area contributed by atoms with Crippen LogP contribution in [-0.4, -0.2) is 34.7 Å². The van der Waals surface area contributed by atoms with Crippen molar-refractivity contribution in [3.63, 3.8) is 0 Å². The van der Waals surface area contributed by atoms with Gasteiger partial charge >= 0.3 is 0 Å². The van der Waals surface area contributed by atoms with Crippen LogP contribution in [0.2, 0.25) is 0 Å². The minimum Gasteiger partial charge on any atom is -0.389 e. The number of nitrogens with zero attached hydrogens (tertiary/aromatic N) is 1. The van der Waals surface area contributed by atoms with Gasteiger partial charge in [-0.2, -0.15) is 0 Å². The van der Waals surface area contributed by atoms with Gasteiger partial charge in [0, 0.05) is 12.6 Å². The lowest BCUT2D eigenvalue weighted by atomic mass is 9.74. The predicted molar refractivity (Wildman–Crippen MR) is 62.9 cm³/mol. The standard InChI is InChI=1S/C13H25NO/c1-3-11(4-2)13(15)7-9-14-8-5-6-12(14)10-13/h11-12,15H,3-10H2,1-2H3. The number of fused-ring (bicyclic) bond motifs is 1. The minimum atomic E-state index is -0.352. The molecule has 0 aromatic carbocycles. The summed E-state index contributed by atoms with van der Waals surface area (Å²) >= 11 is 0. The molecule has 0 aromatic rings. The molecule has 2 unspecified atom stereocenters. The van der Waals surface area contributed by atoms with Crippen molar-refractivity contribution in [2.24, 2.45) is 5.92 Å². The lowest BCUT2D eigenvalue weighted by Gasteiger charge is -2.45. The van der Waals surface area contributed by atoms with E-state index in [1.54, 1.807) is 0 Å². The highest BCUT2D eigenvalue weighted by atomic mass is 16.3. The molecule has 2 saturated heterocycles. The van der Waals surface area contributed by atoms with Crippen molar-refractivity contribution in [3.05, 3.63) is 0 Å². The third kappa shape index (κ3) is 2.07. The summed E-state index contributed by atoms with van der Waals surface area (Å²) in [5, 5.41) is 10.8. The molecule has 15 heavy (non-hydrogen) atoms. The lowest BCUT2D eigenvalue weighted by Crippen LogP contribution is -2.51. The van der Waals surface area contributed by atoms with Crippen molar-refractivity contribution in [2.45, 2.75) is 64.0 Å². The van der Waals surface area contributed by atoms with Gasteiger partial charge in [0.2, 0.25) is 0 Å². The highest BCUT2D eigenvalue weighted by Crippen LogP contribution is 2.39. The van der Waals surface area contributed by atoms with E-state index in [1.165, 1.54) is 19.4 Å². The molecule has 0 spiro atoms. The average molecular weight is 211 g/mol. The van der Waals surface area contributed by atoms with E-state index in [0.717, 1.165) is 32.2 Å². The fourth-order valence-corrected chi connectivity index (χ4v) is 3.69. The molecule has 0 amide bonds. The van der Waals surface area contributed by atoms with E-state index >= 15 is 0 Å². The number of piperidine rings is 1. The Morgan fingerprint density at radius 1 is 1.33 bits per heavy atom. The van der Waals surface area contributed by atoms with Gasteiger partial charge in [-0.05, 0) is 38.1 Å². The summed E-state index contributed by atoms with van der Waals surface area (Å²) in [6, 6.07) is 0.685. The van der Waals surface area contributed by atoms with Crippen LogP contribution in [0, 0.1) is 5.92 Å². The van der Waals surface area contributed by atoms with Crippen molar-refractivity contribution in [1.82, 2.24) is 4.90 Å². The maximum atomic E-state index is 10.8.